The van der Waals surface area contributed by atoms with Crippen LogP contribution in [-0.2, 0) is 25.5 Å². The summed E-state index contributed by atoms with van der Waals surface area (Å²) >= 11 is 0. The molecule has 2 fully saturated rings. The quantitative estimate of drug-likeness (QED) is 0.540. The first-order chi connectivity index (χ1) is 16.9. The third kappa shape index (κ3) is 5.63. The number of hydrogen-bond donors (Lipinski definition) is 0. The van der Waals surface area contributed by atoms with Crippen LogP contribution in [0.2, 0.25) is 0 Å². The summed E-state index contributed by atoms with van der Waals surface area (Å²) in [5, 5.41) is 10.0. The Hall–Kier alpha value is -3.44. The van der Waals surface area contributed by atoms with E-state index in [9.17, 15) is 14.9 Å². The van der Waals surface area contributed by atoms with Gasteiger partial charge in [0, 0.05) is 44.3 Å². The molecule has 184 valence electrons. The molecule has 8 heteroatoms. The van der Waals surface area contributed by atoms with Gasteiger partial charge in [0.25, 0.3) is 0 Å². The molecule has 4 rings (SSSR count). The number of ether oxygens (including phenoxy) is 2. The van der Waals surface area contributed by atoms with E-state index in [0.29, 0.717) is 50.0 Å². The number of amides is 1. The van der Waals surface area contributed by atoms with Crippen molar-refractivity contribution in [3.8, 4) is 17.2 Å². The van der Waals surface area contributed by atoms with Crippen LogP contribution in [0.4, 0.5) is 5.82 Å². The lowest BCUT2D eigenvalue weighted by molar-refractivity contribution is -0.139. The average Bonchev–Trinajstić information content (AvgIpc) is 3.72. The summed E-state index contributed by atoms with van der Waals surface area (Å²) in [7, 11) is 2.98. The number of benzene rings is 1. The van der Waals surface area contributed by atoms with Gasteiger partial charge in [-0.05, 0) is 37.0 Å². The number of piperazine rings is 1. The molecule has 8 nitrogen and oxygen atoms in total. The number of nitrogens with zero attached hydrogens (tertiary/aromatic N) is 4. The summed E-state index contributed by atoms with van der Waals surface area (Å²) in [6.45, 7) is 4.29. The molecule has 1 saturated heterocycles. The Kier molecular flexibility index (Phi) is 7.67. The number of hydrogen-bond acceptors (Lipinski definition) is 7. The molecule has 0 bridgehead atoms. The Balaban J connectivity index is 1.63. The van der Waals surface area contributed by atoms with E-state index in [4.69, 9.17) is 14.5 Å². The van der Waals surface area contributed by atoms with Crippen LogP contribution in [0.5, 0.6) is 0 Å². The molecule has 2 aliphatic rings. The van der Waals surface area contributed by atoms with Gasteiger partial charge in [0.05, 0.1) is 37.8 Å². The number of aromatic nitrogens is 1. The number of rotatable bonds is 8. The van der Waals surface area contributed by atoms with Crippen LogP contribution in [-0.4, -0.2) is 68.3 Å². The number of carbonyl (C=O) groups excluding carboxylic acids is 2. The molecule has 1 saturated carbocycles. The monoisotopic (exact) mass is 476 g/mol. The molecule has 1 amide bonds. The maximum atomic E-state index is 12.5. The molecule has 1 aliphatic heterocycles. The van der Waals surface area contributed by atoms with Crippen LogP contribution in [0.3, 0.4) is 0 Å². The fourth-order valence-corrected chi connectivity index (χ4v) is 4.68. The van der Waals surface area contributed by atoms with Crippen LogP contribution >= 0.6 is 0 Å². The minimum atomic E-state index is -0.287. The van der Waals surface area contributed by atoms with Gasteiger partial charge < -0.3 is 19.3 Å². The first kappa shape index (κ1) is 24.7. The van der Waals surface area contributed by atoms with Crippen molar-refractivity contribution in [1.82, 2.24) is 9.88 Å². The Morgan fingerprint density at radius 2 is 2.00 bits per heavy atom. The van der Waals surface area contributed by atoms with Crippen molar-refractivity contribution >= 4 is 17.7 Å². The summed E-state index contributed by atoms with van der Waals surface area (Å²) in [6.07, 6.45) is 2.72. The summed E-state index contributed by atoms with van der Waals surface area (Å²) in [5.74, 6) is 0.868. The molecule has 0 unspecified atom stereocenters. The number of nitriles is 1. The average molecular weight is 477 g/mol. The molecule has 1 aliphatic carbocycles. The lowest BCUT2D eigenvalue weighted by Crippen LogP contribution is -2.54. The highest BCUT2D eigenvalue weighted by molar-refractivity contribution is 5.78. The summed E-state index contributed by atoms with van der Waals surface area (Å²) in [6, 6.07) is 12.1. The van der Waals surface area contributed by atoms with Gasteiger partial charge in [0.1, 0.15) is 11.9 Å². The van der Waals surface area contributed by atoms with Gasteiger partial charge in [-0.1, -0.05) is 24.3 Å². The smallest absolute Gasteiger partial charge is 0.309 e. The lowest BCUT2D eigenvalue weighted by atomic mass is 9.97. The predicted molar refractivity (Wildman–Crippen MR) is 132 cm³/mol. The van der Waals surface area contributed by atoms with E-state index < -0.39 is 0 Å². The highest BCUT2D eigenvalue weighted by Crippen LogP contribution is 2.45. The predicted octanol–water partition coefficient (Wildman–Crippen LogP) is 3.29. The molecule has 1 aromatic carbocycles. The van der Waals surface area contributed by atoms with Crippen LogP contribution < -0.4 is 4.90 Å². The zero-order valence-corrected chi connectivity index (χ0v) is 20.6. The fraction of sp³-hybridized carbons (Fsp3) is 0.481. The number of methoxy groups -OCH3 is 2. The van der Waals surface area contributed by atoms with Crippen LogP contribution in [0.25, 0.3) is 11.1 Å². The van der Waals surface area contributed by atoms with Crippen LogP contribution in [0.1, 0.15) is 48.9 Å². The molecule has 2 heterocycles. The highest BCUT2D eigenvalue weighted by atomic mass is 16.5. The maximum absolute atomic E-state index is 12.5. The van der Waals surface area contributed by atoms with Gasteiger partial charge in [0.15, 0.2) is 0 Å². The molecular weight excluding hydrogens is 444 g/mol. The zero-order chi connectivity index (χ0) is 24.9. The lowest BCUT2D eigenvalue weighted by Gasteiger charge is -2.41. The van der Waals surface area contributed by atoms with E-state index in [2.05, 4.69) is 11.0 Å². The summed E-state index contributed by atoms with van der Waals surface area (Å²) < 4.78 is 9.86. The minimum Gasteiger partial charge on any atom is -0.469 e. The van der Waals surface area contributed by atoms with Crippen molar-refractivity contribution in [1.29, 1.82) is 5.26 Å². The van der Waals surface area contributed by atoms with Crippen molar-refractivity contribution in [3.63, 3.8) is 0 Å². The molecule has 0 spiro atoms. The summed E-state index contributed by atoms with van der Waals surface area (Å²) in [5.41, 5.74) is 4.28. The highest BCUT2D eigenvalue weighted by Gasteiger charge is 2.33. The molecule has 35 heavy (non-hydrogen) atoms. The second-order valence-corrected chi connectivity index (χ2v) is 9.26. The molecule has 0 radical (unpaired) electrons. The second kappa shape index (κ2) is 10.9. The molecule has 1 aromatic heterocycles. The number of carbonyl (C=O) groups is 2. The molecule has 0 N–H and O–H groups in total. The maximum Gasteiger partial charge on any atom is 0.309 e. The van der Waals surface area contributed by atoms with Crippen molar-refractivity contribution in [2.24, 2.45) is 0 Å². The van der Waals surface area contributed by atoms with Gasteiger partial charge in [-0.25, -0.2) is 4.98 Å². The van der Waals surface area contributed by atoms with Crippen molar-refractivity contribution in [2.75, 3.05) is 45.4 Å². The van der Waals surface area contributed by atoms with Crippen molar-refractivity contribution in [2.45, 2.75) is 44.6 Å². The minimum absolute atomic E-state index is 0.0144. The first-order valence-electron chi connectivity index (χ1n) is 12.1. The summed E-state index contributed by atoms with van der Waals surface area (Å²) in [4.78, 5) is 33.4. The van der Waals surface area contributed by atoms with E-state index in [1.165, 1.54) is 7.11 Å². The van der Waals surface area contributed by atoms with Gasteiger partial charge in [0.2, 0.25) is 5.91 Å². The van der Waals surface area contributed by atoms with Crippen molar-refractivity contribution < 1.29 is 19.1 Å². The van der Waals surface area contributed by atoms with E-state index in [1.54, 1.807) is 7.11 Å². The molecular formula is C27H32N4O4. The second-order valence-electron chi connectivity index (χ2n) is 9.26. The normalized spacial score (nSPS) is 17.7. The molecule has 1 atom stereocenters. The number of pyridine rings is 1. The number of anilines is 1. The first-order valence-corrected chi connectivity index (χ1v) is 12.1. The Bertz CT molecular complexity index is 1140. The topological polar surface area (TPSA) is 95.8 Å². The van der Waals surface area contributed by atoms with Gasteiger partial charge in [-0.15, -0.1) is 0 Å². The molecule has 2 aromatic rings. The Morgan fingerprint density at radius 1 is 1.20 bits per heavy atom. The third-order valence-electron chi connectivity index (χ3n) is 6.70. The SMILES string of the molecule is COCCC(=O)N1CCN(c2nc(C3CC3)c(-c3cccc(CC(=O)OC)c3)cc2C#N)C[C@H]1C. The van der Waals surface area contributed by atoms with Crippen LogP contribution in [0.15, 0.2) is 30.3 Å². The Morgan fingerprint density at radius 3 is 2.66 bits per heavy atom. The van der Waals surface area contributed by atoms with Gasteiger partial charge in [-0.2, -0.15) is 5.26 Å². The van der Waals surface area contributed by atoms with Gasteiger partial charge >= 0.3 is 5.97 Å². The Labute approximate surface area is 206 Å². The largest absolute Gasteiger partial charge is 0.469 e. The number of esters is 1. The third-order valence-corrected chi connectivity index (χ3v) is 6.70. The van der Waals surface area contributed by atoms with E-state index in [-0.39, 0.29) is 24.3 Å². The van der Waals surface area contributed by atoms with Crippen molar-refractivity contribution in [3.05, 3.63) is 47.2 Å². The van der Waals surface area contributed by atoms with E-state index >= 15 is 0 Å². The fourth-order valence-electron chi connectivity index (χ4n) is 4.68. The zero-order valence-electron chi connectivity index (χ0n) is 20.6. The van der Waals surface area contributed by atoms with Crippen LogP contribution in [0, 0.1) is 11.3 Å². The standard InChI is InChI=1S/C27H32N4O4/c1-18-17-30(10-11-31(18)24(32)9-12-34-2)27-22(16-28)15-23(26(29-27)20-7-8-20)21-6-4-5-19(13-21)14-25(33)35-3/h4-6,13,15,18,20H,7-12,14,17H2,1-3H3/t18-/m1/s1. The van der Waals surface area contributed by atoms with E-state index in [1.807, 2.05) is 42.2 Å². The van der Waals surface area contributed by atoms with Gasteiger partial charge in [-0.3, -0.25) is 9.59 Å². The van der Waals surface area contributed by atoms with E-state index in [0.717, 1.165) is 35.2 Å².